The van der Waals surface area contributed by atoms with E-state index in [1.165, 1.54) is 10.4 Å². The van der Waals surface area contributed by atoms with E-state index in [1.54, 1.807) is 11.3 Å². The van der Waals surface area contributed by atoms with E-state index in [-0.39, 0.29) is 6.10 Å². The van der Waals surface area contributed by atoms with E-state index in [0.717, 1.165) is 16.9 Å². The van der Waals surface area contributed by atoms with Gasteiger partial charge in [-0.2, -0.15) is 0 Å². The Hall–Kier alpha value is -1.32. The summed E-state index contributed by atoms with van der Waals surface area (Å²) in [4.78, 5) is 1.22. The second kappa shape index (κ2) is 4.41. The predicted molar refractivity (Wildman–Crippen MR) is 73.2 cm³/mol. The quantitative estimate of drug-likeness (QED) is 0.842. The molecule has 0 radical (unpaired) electrons. The number of fused-ring (bicyclic) bond motifs is 1. The van der Waals surface area contributed by atoms with Crippen molar-refractivity contribution < 1.29 is 9.84 Å². The molecule has 0 fully saturated rings. The number of hydrogen-bond acceptors (Lipinski definition) is 3. The molecule has 0 saturated heterocycles. The number of aliphatic hydroxyl groups excluding tert-OH is 1. The van der Waals surface area contributed by atoms with E-state index >= 15 is 0 Å². The third-order valence-corrected chi connectivity index (χ3v) is 4.54. The smallest absolute Gasteiger partial charge is 0.136 e. The van der Waals surface area contributed by atoms with Crippen LogP contribution >= 0.6 is 11.3 Å². The van der Waals surface area contributed by atoms with E-state index in [4.69, 9.17) is 4.74 Å². The highest BCUT2D eigenvalue weighted by molar-refractivity contribution is 7.10. The molecule has 18 heavy (non-hydrogen) atoms. The van der Waals surface area contributed by atoms with Crippen LogP contribution in [0.3, 0.4) is 0 Å². The second-order valence-electron chi connectivity index (χ2n) is 4.87. The van der Waals surface area contributed by atoms with E-state index in [9.17, 15) is 5.11 Å². The van der Waals surface area contributed by atoms with Gasteiger partial charge in [-0.15, -0.1) is 11.3 Å². The normalized spacial score (nSPS) is 22.4. The van der Waals surface area contributed by atoms with Crippen LogP contribution in [0.5, 0.6) is 5.75 Å². The van der Waals surface area contributed by atoms with Gasteiger partial charge in [0, 0.05) is 16.9 Å². The summed E-state index contributed by atoms with van der Waals surface area (Å²) in [6.45, 7) is 4.12. The molecule has 1 aliphatic rings. The van der Waals surface area contributed by atoms with Gasteiger partial charge in [0.15, 0.2) is 0 Å². The number of ether oxygens (including phenoxy) is 1. The molecule has 2 nitrogen and oxygen atoms in total. The number of benzene rings is 1. The van der Waals surface area contributed by atoms with Crippen LogP contribution in [0.25, 0.3) is 0 Å². The van der Waals surface area contributed by atoms with Crippen LogP contribution in [0.15, 0.2) is 29.6 Å². The van der Waals surface area contributed by atoms with Gasteiger partial charge in [0.25, 0.3) is 0 Å². The third-order valence-electron chi connectivity index (χ3n) is 3.42. The summed E-state index contributed by atoms with van der Waals surface area (Å²) in [6, 6.07) is 8.09. The minimum absolute atomic E-state index is 0.0183. The molecule has 2 aromatic rings. The molecule has 0 spiro atoms. The first kappa shape index (κ1) is 11.8. The average Bonchev–Trinajstić information content (AvgIpc) is 2.76. The lowest BCUT2D eigenvalue weighted by Gasteiger charge is -2.29. The topological polar surface area (TPSA) is 29.5 Å². The maximum absolute atomic E-state index is 10.3. The Morgan fingerprint density at radius 1 is 1.28 bits per heavy atom. The van der Waals surface area contributed by atoms with Crippen molar-refractivity contribution in [2.24, 2.45) is 0 Å². The van der Waals surface area contributed by atoms with Gasteiger partial charge in [-0.1, -0.05) is 11.6 Å². The maximum atomic E-state index is 10.3. The highest BCUT2D eigenvalue weighted by atomic mass is 32.1. The van der Waals surface area contributed by atoms with Gasteiger partial charge in [0.05, 0.1) is 6.10 Å². The van der Waals surface area contributed by atoms with Crippen molar-refractivity contribution in [1.29, 1.82) is 0 Å². The fourth-order valence-electron chi connectivity index (χ4n) is 2.44. The molecule has 2 unspecified atom stereocenters. The van der Waals surface area contributed by atoms with Gasteiger partial charge in [-0.3, -0.25) is 0 Å². The second-order valence-corrected chi connectivity index (χ2v) is 5.81. The Balaban J connectivity index is 1.97. The Morgan fingerprint density at radius 3 is 2.83 bits per heavy atom. The van der Waals surface area contributed by atoms with Crippen molar-refractivity contribution in [3.8, 4) is 5.75 Å². The molecule has 1 aromatic heterocycles. The van der Waals surface area contributed by atoms with Gasteiger partial charge in [0.2, 0.25) is 0 Å². The van der Waals surface area contributed by atoms with Crippen molar-refractivity contribution >= 4 is 11.3 Å². The van der Waals surface area contributed by atoms with Crippen LogP contribution < -0.4 is 4.74 Å². The highest BCUT2D eigenvalue weighted by Gasteiger charge is 2.29. The number of aryl methyl sites for hydroxylation is 2. The monoisotopic (exact) mass is 260 g/mol. The van der Waals surface area contributed by atoms with Gasteiger partial charge < -0.3 is 9.84 Å². The Kier molecular flexibility index (Phi) is 2.88. The van der Waals surface area contributed by atoms with E-state index in [1.807, 2.05) is 25.1 Å². The fraction of sp³-hybridized carbons (Fsp3) is 0.333. The van der Waals surface area contributed by atoms with Gasteiger partial charge in [-0.05, 0) is 43.0 Å². The summed E-state index contributed by atoms with van der Waals surface area (Å²) >= 11 is 1.70. The molecule has 0 bridgehead atoms. The summed E-state index contributed by atoms with van der Waals surface area (Å²) in [5.41, 5.74) is 3.32. The molecule has 1 aliphatic heterocycles. The first-order chi connectivity index (χ1) is 8.65. The van der Waals surface area contributed by atoms with Gasteiger partial charge in [-0.25, -0.2) is 0 Å². The van der Waals surface area contributed by atoms with Crippen LogP contribution in [0, 0.1) is 13.8 Å². The maximum Gasteiger partial charge on any atom is 0.136 e. The summed E-state index contributed by atoms with van der Waals surface area (Å²) < 4.78 is 6.03. The van der Waals surface area contributed by atoms with E-state index in [2.05, 4.69) is 18.4 Å². The Bertz CT molecular complexity index is 574. The summed E-state index contributed by atoms with van der Waals surface area (Å²) in [5.74, 6) is 0.817. The Morgan fingerprint density at radius 2 is 2.11 bits per heavy atom. The standard InChI is InChI=1S/C15H16O2S/c1-9-3-4-13-11(7-9)12(16)8-14(17-13)15-10(2)5-6-18-15/h3-7,12,14,16H,8H2,1-2H3. The lowest BCUT2D eigenvalue weighted by atomic mass is 9.96. The number of hydrogen-bond donors (Lipinski definition) is 1. The predicted octanol–water partition coefficient (Wildman–Crippen LogP) is 3.92. The molecule has 2 atom stereocenters. The number of aliphatic hydroxyl groups is 1. The van der Waals surface area contributed by atoms with Crippen LogP contribution in [0.2, 0.25) is 0 Å². The van der Waals surface area contributed by atoms with Crippen molar-refractivity contribution in [2.45, 2.75) is 32.5 Å². The summed E-state index contributed by atoms with van der Waals surface area (Å²) in [7, 11) is 0. The minimum Gasteiger partial charge on any atom is -0.484 e. The third kappa shape index (κ3) is 1.93. The van der Waals surface area contributed by atoms with Crippen LogP contribution in [-0.4, -0.2) is 5.11 Å². The van der Waals surface area contributed by atoms with Crippen molar-refractivity contribution in [2.75, 3.05) is 0 Å². The number of rotatable bonds is 1. The largest absolute Gasteiger partial charge is 0.484 e. The highest BCUT2D eigenvalue weighted by Crippen LogP contribution is 2.42. The molecular weight excluding hydrogens is 244 g/mol. The zero-order chi connectivity index (χ0) is 12.7. The van der Waals surface area contributed by atoms with E-state index in [0.29, 0.717) is 6.42 Å². The summed E-state index contributed by atoms with van der Waals surface area (Å²) in [5, 5.41) is 12.3. The lowest BCUT2D eigenvalue weighted by molar-refractivity contribution is 0.0671. The zero-order valence-corrected chi connectivity index (χ0v) is 11.3. The molecular formula is C15H16O2S. The van der Waals surface area contributed by atoms with Gasteiger partial charge >= 0.3 is 0 Å². The first-order valence-corrected chi connectivity index (χ1v) is 7.02. The Labute approximate surface area is 111 Å². The molecule has 0 saturated carbocycles. The first-order valence-electron chi connectivity index (χ1n) is 6.14. The number of thiophene rings is 1. The van der Waals surface area contributed by atoms with Crippen LogP contribution in [0.4, 0.5) is 0 Å². The SMILES string of the molecule is Cc1ccc2c(c1)C(O)CC(c1sccc1C)O2. The molecule has 1 aromatic carbocycles. The molecule has 2 heterocycles. The molecule has 0 amide bonds. The van der Waals surface area contributed by atoms with Crippen LogP contribution in [-0.2, 0) is 0 Å². The zero-order valence-electron chi connectivity index (χ0n) is 10.5. The summed E-state index contributed by atoms with van der Waals surface area (Å²) in [6.07, 6.45) is 0.188. The molecule has 1 N–H and O–H groups in total. The van der Waals surface area contributed by atoms with Crippen molar-refractivity contribution in [3.05, 3.63) is 51.2 Å². The van der Waals surface area contributed by atoms with E-state index < -0.39 is 6.10 Å². The minimum atomic E-state index is -0.430. The van der Waals surface area contributed by atoms with Gasteiger partial charge in [0.1, 0.15) is 11.9 Å². The molecule has 3 rings (SSSR count). The lowest BCUT2D eigenvalue weighted by Crippen LogP contribution is -2.18. The van der Waals surface area contributed by atoms with Crippen molar-refractivity contribution in [1.82, 2.24) is 0 Å². The fourth-order valence-corrected chi connectivity index (χ4v) is 3.41. The average molecular weight is 260 g/mol. The molecule has 0 aliphatic carbocycles. The molecule has 94 valence electrons. The van der Waals surface area contributed by atoms with Crippen molar-refractivity contribution in [3.63, 3.8) is 0 Å². The van der Waals surface area contributed by atoms with Crippen LogP contribution in [0.1, 0.15) is 40.2 Å². The molecule has 3 heteroatoms.